The third-order valence-corrected chi connectivity index (χ3v) is 12.8. The summed E-state index contributed by atoms with van der Waals surface area (Å²) in [5, 5.41) is 0. The molecule has 6 nitrogen and oxygen atoms in total. The van der Waals surface area contributed by atoms with Crippen LogP contribution < -0.4 is 0 Å². The van der Waals surface area contributed by atoms with Crippen molar-refractivity contribution >= 4 is 10.4 Å². The number of rotatable bonds is 36. The van der Waals surface area contributed by atoms with Crippen LogP contribution >= 0.6 is 0 Å². The summed E-state index contributed by atoms with van der Waals surface area (Å²) in [6.07, 6.45) is 36.4. The zero-order valence-electron chi connectivity index (χ0n) is 39.9. The van der Waals surface area contributed by atoms with Crippen LogP contribution in [0.3, 0.4) is 0 Å². The lowest BCUT2D eigenvalue weighted by atomic mass is 9.84. The average molecular weight is 805 g/mol. The molecule has 0 spiro atoms. The molecule has 0 aliphatic carbocycles. The van der Waals surface area contributed by atoms with E-state index in [9.17, 15) is 0 Å². The molecule has 0 aromatic carbocycles. The van der Waals surface area contributed by atoms with E-state index in [4.69, 9.17) is 17.5 Å². The molecule has 55 heavy (non-hydrogen) atoms. The van der Waals surface area contributed by atoms with E-state index < -0.39 is 10.4 Å². The van der Waals surface area contributed by atoms with Crippen LogP contribution in [0.5, 0.6) is 0 Å². The molecular formula is C48H104N2O4S. The maximum atomic E-state index is 8.52. The van der Waals surface area contributed by atoms with Crippen LogP contribution in [0.4, 0.5) is 0 Å². The SMILES string of the molecule is CCCCCC(CC)C(CCC)[N+](CCCC)(CCCC)CCCC.CCCCCC(CC)C(CCC)[N+](CCCC)(CCCC)CCCC.O=S(=O)([O-])[O-]. The first-order chi connectivity index (χ1) is 26.3. The van der Waals surface area contributed by atoms with Crippen molar-refractivity contribution in [2.24, 2.45) is 11.8 Å². The van der Waals surface area contributed by atoms with Crippen molar-refractivity contribution in [2.75, 3.05) is 39.3 Å². The molecule has 0 rings (SSSR count). The first-order valence-corrected chi connectivity index (χ1v) is 26.0. The monoisotopic (exact) mass is 805 g/mol. The van der Waals surface area contributed by atoms with E-state index in [0.29, 0.717) is 0 Å². The lowest BCUT2D eigenvalue weighted by Gasteiger charge is -2.49. The molecule has 0 aromatic rings. The molecule has 7 heteroatoms. The Labute approximate surface area is 348 Å². The third-order valence-electron chi connectivity index (χ3n) is 12.8. The maximum absolute atomic E-state index is 8.52. The second-order valence-corrected chi connectivity index (χ2v) is 18.2. The van der Waals surface area contributed by atoms with E-state index in [1.54, 1.807) is 0 Å². The maximum Gasteiger partial charge on any atom is 0.0918 e. The summed E-state index contributed by atoms with van der Waals surface area (Å²) >= 11 is 0. The minimum absolute atomic E-state index is 0.913. The van der Waals surface area contributed by atoms with Gasteiger partial charge in [0.2, 0.25) is 0 Å². The lowest BCUT2D eigenvalue weighted by Crippen LogP contribution is -2.59. The average Bonchev–Trinajstić information content (AvgIpc) is 3.16. The van der Waals surface area contributed by atoms with Gasteiger partial charge in [-0.15, -0.1) is 0 Å². The molecule has 0 bridgehead atoms. The lowest BCUT2D eigenvalue weighted by molar-refractivity contribution is -0.956. The minimum Gasteiger partial charge on any atom is -0.759 e. The van der Waals surface area contributed by atoms with Crippen LogP contribution in [-0.4, -0.2) is 77.8 Å². The Balaban J connectivity index is -0.000000874. The van der Waals surface area contributed by atoms with Gasteiger partial charge in [0.05, 0.1) is 51.4 Å². The van der Waals surface area contributed by atoms with Crippen molar-refractivity contribution in [3.05, 3.63) is 0 Å². The number of quaternary nitrogens is 2. The highest BCUT2D eigenvalue weighted by Gasteiger charge is 2.40. The van der Waals surface area contributed by atoms with E-state index in [0.717, 1.165) is 23.9 Å². The van der Waals surface area contributed by atoms with Crippen molar-refractivity contribution in [1.29, 1.82) is 0 Å². The van der Waals surface area contributed by atoms with Crippen molar-refractivity contribution in [1.82, 2.24) is 0 Å². The predicted molar refractivity (Wildman–Crippen MR) is 243 cm³/mol. The molecular weight excluding hydrogens is 701 g/mol. The molecule has 0 aliphatic heterocycles. The predicted octanol–water partition coefficient (Wildman–Crippen LogP) is 14.6. The van der Waals surface area contributed by atoms with E-state index in [1.165, 1.54) is 215 Å². The molecule has 4 unspecified atom stereocenters. The van der Waals surface area contributed by atoms with Gasteiger partial charge in [-0.25, -0.2) is 0 Å². The molecule has 0 saturated heterocycles. The van der Waals surface area contributed by atoms with Gasteiger partial charge < -0.3 is 18.1 Å². The number of nitrogens with zero attached hydrogens (tertiary/aromatic N) is 2. The summed E-state index contributed by atoms with van der Waals surface area (Å²) in [5.74, 6) is 1.88. The standard InChI is InChI=1S/2C24H52N.H2O4S/c2*1-7-13-17-19-23(12-6)24(18-11-5)25(20-14-8-2,21-15-9-3)22-16-10-4;1-5(2,3)4/h2*23-24H,7-22H2,1-6H3;(H2,1,2,3,4)/q2*+1;/p-2. The molecule has 0 saturated carbocycles. The van der Waals surface area contributed by atoms with E-state index in [-0.39, 0.29) is 0 Å². The van der Waals surface area contributed by atoms with Gasteiger partial charge in [0, 0.05) is 22.2 Å². The molecule has 0 N–H and O–H groups in total. The van der Waals surface area contributed by atoms with Crippen LogP contribution in [0.25, 0.3) is 0 Å². The van der Waals surface area contributed by atoms with Crippen molar-refractivity contribution in [3.8, 4) is 0 Å². The van der Waals surface area contributed by atoms with Gasteiger partial charge >= 0.3 is 0 Å². The highest BCUT2D eigenvalue weighted by Crippen LogP contribution is 2.34. The smallest absolute Gasteiger partial charge is 0.0918 e. The zero-order chi connectivity index (χ0) is 42.4. The van der Waals surface area contributed by atoms with Crippen LogP contribution in [-0.2, 0) is 10.4 Å². The summed E-state index contributed by atoms with van der Waals surface area (Å²) in [7, 11) is -5.17. The van der Waals surface area contributed by atoms with Crippen molar-refractivity contribution in [3.63, 3.8) is 0 Å². The molecule has 0 fully saturated rings. The zero-order valence-corrected chi connectivity index (χ0v) is 40.7. The van der Waals surface area contributed by atoms with Crippen molar-refractivity contribution < 1.29 is 26.5 Å². The van der Waals surface area contributed by atoms with Gasteiger partial charge in [-0.2, -0.15) is 0 Å². The second kappa shape index (κ2) is 39.3. The Morgan fingerprint density at radius 3 is 0.727 bits per heavy atom. The highest BCUT2D eigenvalue weighted by molar-refractivity contribution is 7.79. The molecule has 0 aromatic heterocycles. The molecule has 4 atom stereocenters. The Bertz CT molecular complexity index is 776. The van der Waals surface area contributed by atoms with Crippen LogP contribution in [0.2, 0.25) is 0 Å². The fourth-order valence-corrected chi connectivity index (χ4v) is 9.66. The van der Waals surface area contributed by atoms with Crippen LogP contribution in [0, 0.1) is 11.8 Å². The van der Waals surface area contributed by atoms with Crippen LogP contribution in [0.1, 0.15) is 250 Å². The largest absolute Gasteiger partial charge is 0.759 e. The second-order valence-electron chi connectivity index (χ2n) is 17.3. The first kappa shape index (κ1) is 59.1. The fourth-order valence-electron chi connectivity index (χ4n) is 9.66. The van der Waals surface area contributed by atoms with Gasteiger partial charge in [-0.3, -0.25) is 8.42 Å². The quantitative estimate of drug-likeness (QED) is 0.0273. The minimum atomic E-state index is -5.17. The summed E-state index contributed by atoms with van der Waals surface area (Å²) in [6, 6.07) is 1.83. The molecule has 336 valence electrons. The van der Waals surface area contributed by atoms with Gasteiger partial charge in [-0.1, -0.05) is 173 Å². The van der Waals surface area contributed by atoms with Gasteiger partial charge in [0.1, 0.15) is 0 Å². The molecule has 0 amide bonds. The Morgan fingerprint density at radius 1 is 0.345 bits per heavy atom. The Kier molecular flexibility index (Phi) is 42.2. The molecule has 0 radical (unpaired) electrons. The Hall–Kier alpha value is -0.210. The van der Waals surface area contributed by atoms with E-state index in [2.05, 4.69) is 83.1 Å². The molecule has 0 heterocycles. The number of hydrogen-bond acceptors (Lipinski definition) is 4. The number of hydrogen-bond donors (Lipinski definition) is 0. The first-order valence-electron chi connectivity index (χ1n) is 24.7. The fraction of sp³-hybridized carbons (Fsp3) is 1.00. The van der Waals surface area contributed by atoms with Crippen LogP contribution in [0.15, 0.2) is 0 Å². The van der Waals surface area contributed by atoms with Crippen molar-refractivity contribution in [2.45, 2.75) is 262 Å². The van der Waals surface area contributed by atoms with Gasteiger partial charge in [0.15, 0.2) is 0 Å². The summed E-state index contributed by atoms with van der Waals surface area (Å²) in [6.45, 7) is 37.3. The summed E-state index contributed by atoms with van der Waals surface area (Å²) in [4.78, 5) is 0. The van der Waals surface area contributed by atoms with E-state index >= 15 is 0 Å². The topological polar surface area (TPSA) is 80.3 Å². The summed E-state index contributed by atoms with van der Waals surface area (Å²) < 4.78 is 37.0. The molecule has 0 aliphatic rings. The summed E-state index contributed by atoms with van der Waals surface area (Å²) in [5.41, 5.74) is 0. The van der Waals surface area contributed by atoms with Gasteiger partial charge in [0.25, 0.3) is 0 Å². The highest BCUT2D eigenvalue weighted by atomic mass is 32.3. The van der Waals surface area contributed by atoms with Gasteiger partial charge in [-0.05, 0) is 77.0 Å². The third kappa shape index (κ3) is 29.6. The number of unbranched alkanes of at least 4 members (excludes halogenated alkanes) is 10. The normalized spacial score (nSPS) is 14.4. The Morgan fingerprint density at radius 2 is 0.564 bits per heavy atom. The van der Waals surface area contributed by atoms with E-state index in [1.807, 2.05) is 0 Å².